The van der Waals surface area contributed by atoms with Crippen LogP contribution < -0.4 is 0 Å². The highest BCUT2D eigenvalue weighted by Gasteiger charge is 2.97. The van der Waals surface area contributed by atoms with Gasteiger partial charge in [-0.25, -0.2) is 0 Å². The Hall–Kier alpha value is 0. The molecule has 0 nitrogen and oxygen atoms in total. The Bertz CT molecular complexity index is 624. The molecule has 6 unspecified atom stereocenters. The number of hydrogen-bond acceptors (Lipinski definition) is 0. The molecule has 0 aromatic rings. The van der Waals surface area contributed by atoms with E-state index in [1.807, 2.05) is 0 Å². The van der Waals surface area contributed by atoms with Crippen molar-refractivity contribution >= 4 is 0 Å². The van der Waals surface area contributed by atoms with E-state index in [0.717, 1.165) is 10.8 Å². The summed E-state index contributed by atoms with van der Waals surface area (Å²) in [7, 11) is 0. The van der Waals surface area contributed by atoms with Gasteiger partial charge in [-0.1, -0.05) is 13.8 Å². The first-order valence-electron chi connectivity index (χ1n) is 10.7. The standard InChI is InChI=1S/C22H26/c1-21-15-5-3-7-11-9(5)17(21)13-14-18(21)10-6(15)4-8-12(10)20(14)22(2,16(7)8)19(11)13/h5-20H,3-4H2,1-2H3/t5-,6-,7-,8+,9-,10+,11-,12-,13?,14?,15?,16?,17-,18+,19-,20+,21?,22?/m1/s1. The lowest BCUT2D eigenvalue weighted by atomic mass is 9.61. The van der Waals surface area contributed by atoms with Crippen LogP contribution >= 0.6 is 0 Å². The largest absolute Gasteiger partial charge is 0.0588 e. The van der Waals surface area contributed by atoms with E-state index >= 15 is 0 Å². The molecule has 114 valence electrons. The summed E-state index contributed by atoms with van der Waals surface area (Å²) in [4.78, 5) is 0. The lowest BCUT2D eigenvalue weighted by Gasteiger charge is -2.43. The van der Waals surface area contributed by atoms with Crippen molar-refractivity contribution in [2.24, 2.45) is 106 Å². The highest BCUT2D eigenvalue weighted by atomic mass is 15.0. The maximum atomic E-state index is 2.88. The smallest absolute Gasteiger partial charge is 0.0224 e. The van der Waals surface area contributed by atoms with Gasteiger partial charge in [-0.3, -0.25) is 0 Å². The van der Waals surface area contributed by atoms with Crippen LogP contribution in [0.2, 0.25) is 0 Å². The van der Waals surface area contributed by atoms with Crippen molar-refractivity contribution in [3.63, 3.8) is 0 Å². The second-order valence-corrected chi connectivity index (χ2v) is 12.5. The molecule has 22 heavy (non-hydrogen) atoms. The van der Waals surface area contributed by atoms with Gasteiger partial charge in [-0.15, -0.1) is 0 Å². The van der Waals surface area contributed by atoms with Crippen LogP contribution in [0.4, 0.5) is 0 Å². The third kappa shape index (κ3) is 0.501. The topological polar surface area (TPSA) is 0 Å². The summed E-state index contributed by atoms with van der Waals surface area (Å²) < 4.78 is 0. The highest BCUT2D eigenvalue weighted by molar-refractivity contribution is 5.44. The quantitative estimate of drug-likeness (QED) is 0.637. The maximum Gasteiger partial charge on any atom is -0.0224 e. The lowest BCUT2D eigenvalue weighted by Crippen LogP contribution is -2.39. The molecule has 0 spiro atoms. The van der Waals surface area contributed by atoms with Gasteiger partial charge in [0.05, 0.1) is 0 Å². The predicted molar refractivity (Wildman–Crippen MR) is 81.3 cm³/mol. The van der Waals surface area contributed by atoms with Gasteiger partial charge < -0.3 is 0 Å². The highest BCUT2D eigenvalue weighted by Crippen LogP contribution is 3.01. The van der Waals surface area contributed by atoms with Crippen molar-refractivity contribution in [1.82, 2.24) is 0 Å². The van der Waals surface area contributed by atoms with Crippen LogP contribution in [0.3, 0.4) is 0 Å². The molecule has 18 atom stereocenters. The van der Waals surface area contributed by atoms with E-state index in [-0.39, 0.29) is 0 Å². The molecule has 0 radical (unpaired) electrons. The minimum Gasteiger partial charge on any atom is -0.0588 e. The Balaban J connectivity index is 1.50. The summed E-state index contributed by atoms with van der Waals surface area (Å²) >= 11 is 0. The number of rotatable bonds is 0. The molecule has 10 aliphatic carbocycles. The van der Waals surface area contributed by atoms with Gasteiger partial charge in [-0.2, -0.15) is 0 Å². The third-order valence-corrected chi connectivity index (χ3v) is 13.9. The maximum absolute atomic E-state index is 2.88. The van der Waals surface area contributed by atoms with Crippen molar-refractivity contribution in [1.29, 1.82) is 0 Å². The van der Waals surface area contributed by atoms with Gasteiger partial charge in [-0.05, 0) is 118 Å². The van der Waals surface area contributed by atoms with Gasteiger partial charge in [0.1, 0.15) is 0 Å². The van der Waals surface area contributed by atoms with Crippen LogP contribution in [0.25, 0.3) is 0 Å². The van der Waals surface area contributed by atoms with Gasteiger partial charge in [0.25, 0.3) is 0 Å². The Kier molecular flexibility index (Phi) is 1.00. The second kappa shape index (κ2) is 2.19. The fourth-order valence-electron chi connectivity index (χ4n) is 15.5. The molecule has 0 amide bonds. The molecule has 10 aliphatic rings. The molecule has 0 aliphatic heterocycles. The fourth-order valence-corrected chi connectivity index (χ4v) is 15.5. The van der Waals surface area contributed by atoms with Crippen LogP contribution in [-0.2, 0) is 0 Å². The van der Waals surface area contributed by atoms with Crippen molar-refractivity contribution < 1.29 is 0 Å². The van der Waals surface area contributed by atoms with Gasteiger partial charge in [0.15, 0.2) is 0 Å². The van der Waals surface area contributed by atoms with E-state index < -0.39 is 0 Å². The van der Waals surface area contributed by atoms with Gasteiger partial charge >= 0.3 is 0 Å². The average Bonchev–Trinajstić information content (AvgIpc) is 3.16. The molecule has 0 heteroatoms. The molecule has 0 bridgehead atoms. The molecule has 0 N–H and O–H groups in total. The molecule has 0 heterocycles. The Morgan fingerprint density at radius 1 is 0.455 bits per heavy atom. The minimum absolute atomic E-state index is 0.863. The van der Waals surface area contributed by atoms with E-state index in [0.29, 0.717) is 0 Å². The molecule has 0 aromatic heterocycles. The normalized spacial score (nSPS) is 98.5. The number of hydrogen-bond donors (Lipinski definition) is 0. The summed E-state index contributed by atoms with van der Waals surface area (Å²) in [6.45, 7) is 5.76. The van der Waals surface area contributed by atoms with Crippen LogP contribution in [-0.4, -0.2) is 0 Å². The van der Waals surface area contributed by atoms with Crippen LogP contribution in [0.5, 0.6) is 0 Å². The monoisotopic (exact) mass is 290 g/mol. The molecule has 10 saturated carbocycles. The van der Waals surface area contributed by atoms with Crippen LogP contribution in [0.15, 0.2) is 0 Å². The first kappa shape index (κ1) is 10.1. The average molecular weight is 290 g/mol. The van der Waals surface area contributed by atoms with E-state index in [1.54, 1.807) is 12.8 Å². The summed E-state index contributed by atoms with van der Waals surface area (Å²) in [5, 5.41) is 0. The van der Waals surface area contributed by atoms with Crippen LogP contribution in [0, 0.1) is 106 Å². The van der Waals surface area contributed by atoms with Crippen LogP contribution in [0.1, 0.15) is 26.7 Å². The zero-order chi connectivity index (χ0) is 13.7. The lowest BCUT2D eigenvalue weighted by molar-refractivity contribution is 0.0391. The van der Waals surface area contributed by atoms with E-state index in [9.17, 15) is 0 Å². The summed E-state index contributed by atoms with van der Waals surface area (Å²) in [6, 6.07) is 0. The second-order valence-electron chi connectivity index (χ2n) is 12.5. The van der Waals surface area contributed by atoms with Crippen molar-refractivity contribution in [3.8, 4) is 0 Å². The Morgan fingerprint density at radius 3 is 1.09 bits per heavy atom. The molecule has 10 fully saturated rings. The SMILES string of the molecule is CC12C3[C@H]4C[C@H]5C6[C@@H]7C[C@@H]3[C@@H]3[C@@H]7[C@@H]7C(C8[C@@H]1[C@H]4[C@H]5[C@@H]8C67C)[C@@H]32. The molecule has 0 saturated heterocycles. The first-order valence-corrected chi connectivity index (χ1v) is 10.7. The fraction of sp³-hybridized carbons (Fsp3) is 1.00. The third-order valence-electron chi connectivity index (χ3n) is 13.9. The Morgan fingerprint density at radius 2 is 0.773 bits per heavy atom. The first-order chi connectivity index (χ1) is 10.7. The minimum atomic E-state index is 0.863. The zero-order valence-electron chi connectivity index (χ0n) is 13.7. The zero-order valence-corrected chi connectivity index (χ0v) is 13.7. The van der Waals surface area contributed by atoms with Crippen molar-refractivity contribution in [2.45, 2.75) is 26.7 Å². The van der Waals surface area contributed by atoms with Crippen molar-refractivity contribution in [3.05, 3.63) is 0 Å². The van der Waals surface area contributed by atoms with Crippen molar-refractivity contribution in [2.75, 3.05) is 0 Å². The molecular formula is C22H26. The van der Waals surface area contributed by atoms with E-state index in [2.05, 4.69) is 13.8 Å². The molecule has 0 aromatic carbocycles. The van der Waals surface area contributed by atoms with E-state index in [4.69, 9.17) is 0 Å². The predicted octanol–water partition coefficient (Wildman–Crippen LogP) is 3.77. The Labute approximate surface area is 132 Å². The summed E-state index contributed by atoms with van der Waals surface area (Å²) in [5.74, 6) is 19.9. The number of fused-ring (bicyclic) bond motifs is 4. The summed E-state index contributed by atoms with van der Waals surface area (Å²) in [6.07, 6.45) is 3.46. The molecule has 10 rings (SSSR count). The summed E-state index contributed by atoms with van der Waals surface area (Å²) in [5.41, 5.74) is 1.73. The van der Waals surface area contributed by atoms with E-state index in [1.165, 1.54) is 94.7 Å². The molecular weight excluding hydrogens is 264 g/mol. The van der Waals surface area contributed by atoms with Gasteiger partial charge in [0.2, 0.25) is 0 Å². The van der Waals surface area contributed by atoms with Gasteiger partial charge in [0, 0.05) is 0 Å².